The Balaban J connectivity index is 1.31. The van der Waals surface area contributed by atoms with Crippen molar-refractivity contribution in [2.45, 2.75) is 55.2 Å². The molecule has 1 N–H and O–H groups in total. The van der Waals surface area contributed by atoms with Crippen LogP contribution in [0.5, 0.6) is 0 Å². The number of amides is 2. The zero-order valence-electron chi connectivity index (χ0n) is 21.9. The van der Waals surface area contributed by atoms with Crippen LogP contribution >= 0.6 is 23.5 Å². The fourth-order valence-electron chi connectivity index (χ4n) is 4.94. The predicted molar refractivity (Wildman–Crippen MR) is 161 cm³/mol. The van der Waals surface area contributed by atoms with E-state index in [1.807, 2.05) is 60.3 Å². The highest BCUT2D eigenvalue weighted by Crippen LogP contribution is 2.43. The fraction of sp³-hybridized carbons (Fsp3) is 0.312. The van der Waals surface area contributed by atoms with Crippen molar-refractivity contribution in [3.05, 3.63) is 100 Å². The van der Waals surface area contributed by atoms with Gasteiger partial charge in [0.15, 0.2) is 0 Å². The molecule has 0 spiro atoms. The zero-order valence-corrected chi connectivity index (χ0v) is 23.5. The Morgan fingerprint density at radius 2 is 1.79 bits per heavy atom. The summed E-state index contributed by atoms with van der Waals surface area (Å²) in [6.45, 7) is 0.912. The second-order valence-corrected chi connectivity index (χ2v) is 12.5. The first-order valence-corrected chi connectivity index (χ1v) is 15.5. The van der Waals surface area contributed by atoms with Gasteiger partial charge in [-0.25, -0.2) is 4.39 Å². The van der Waals surface area contributed by atoms with Gasteiger partial charge >= 0.3 is 0 Å². The number of carbonyl (C=O) groups excluding carboxylic acids is 2. The van der Waals surface area contributed by atoms with Crippen LogP contribution in [-0.4, -0.2) is 29.4 Å². The Labute approximate surface area is 238 Å². The van der Waals surface area contributed by atoms with E-state index in [0.717, 1.165) is 33.4 Å². The van der Waals surface area contributed by atoms with Crippen molar-refractivity contribution in [1.29, 1.82) is 0 Å². The van der Waals surface area contributed by atoms with E-state index >= 15 is 0 Å². The van der Waals surface area contributed by atoms with Gasteiger partial charge in [-0.2, -0.15) is 11.8 Å². The topological polar surface area (TPSA) is 49.4 Å². The van der Waals surface area contributed by atoms with E-state index in [-0.39, 0.29) is 24.2 Å². The third-order valence-electron chi connectivity index (χ3n) is 7.05. The molecule has 0 bridgehead atoms. The molecule has 1 aliphatic carbocycles. The molecule has 1 fully saturated rings. The molecule has 0 atom stereocenters. The molecule has 0 unspecified atom stereocenters. The summed E-state index contributed by atoms with van der Waals surface area (Å²) in [6.07, 6.45) is 9.52. The number of anilines is 1. The van der Waals surface area contributed by atoms with Gasteiger partial charge in [0.05, 0.1) is 17.1 Å². The predicted octanol–water partition coefficient (Wildman–Crippen LogP) is 7.69. The number of halogens is 1. The zero-order chi connectivity index (χ0) is 27.0. The highest BCUT2D eigenvalue weighted by Gasteiger charge is 2.30. The highest BCUT2D eigenvalue weighted by molar-refractivity contribution is 8.04. The molecule has 1 saturated carbocycles. The van der Waals surface area contributed by atoms with Gasteiger partial charge in [-0.3, -0.25) is 9.59 Å². The molecular formula is C32H33FN2O2S2. The van der Waals surface area contributed by atoms with Crippen molar-refractivity contribution in [2.24, 2.45) is 0 Å². The molecule has 0 saturated heterocycles. The number of hydrogen-bond donors (Lipinski definition) is 1. The maximum absolute atomic E-state index is 13.7. The summed E-state index contributed by atoms with van der Waals surface area (Å²) in [4.78, 5) is 29.9. The molecule has 3 aromatic rings. The average Bonchev–Trinajstić information content (AvgIpc) is 2.97. The van der Waals surface area contributed by atoms with Gasteiger partial charge in [-0.05, 0) is 72.6 Å². The van der Waals surface area contributed by atoms with Gasteiger partial charge in [-0.15, -0.1) is 0 Å². The standard InChI is InChI=1S/C32H33FN2O2S2/c33-26-15-12-24(13-16-26)22-35-28-21-25(31(36)34-18-7-19-38-27-10-5-2-6-11-27)14-17-29(28)39-30(32(35)37)20-23-8-3-1-4-9-23/h1,3-4,8-9,12-17,20-21,27H,2,5-7,10-11,18-19,22H2,(H,34,36)/b30-20-. The number of hydrogen-bond acceptors (Lipinski definition) is 4. The molecular weight excluding hydrogens is 527 g/mol. The van der Waals surface area contributed by atoms with Crippen LogP contribution in [0.15, 0.2) is 82.6 Å². The summed E-state index contributed by atoms with van der Waals surface area (Å²) in [5.74, 6) is 0.464. The molecule has 0 aromatic heterocycles. The minimum absolute atomic E-state index is 0.134. The smallest absolute Gasteiger partial charge is 0.265 e. The number of benzene rings is 3. The van der Waals surface area contributed by atoms with Crippen LogP contribution in [0.1, 0.15) is 60.0 Å². The van der Waals surface area contributed by atoms with Crippen LogP contribution in [-0.2, 0) is 11.3 Å². The van der Waals surface area contributed by atoms with Gasteiger partial charge in [0, 0.05) is 22.3 Å². The van der Waals surface area contributed by atoms with E-state index in [1.54, 1.807) is 23.1 Å². The molecule has 0 radical (unpaired) electrons. The van der Waals surface area contributed by atoms with Crippen LogP contribution in [0.4, 0.5) is 10.1 Å². The quantitative estimate of drug-likeness (QED) is 0.215. The number of fused-ring (bicyclic) bond motifs is 1. The molecule has 3 aromatic carbocycles. The summed E-state index contributed by atoms with van der Waals surface area (Å²) in [5.41, 5.74) is 2.98. The minimum atomic E-state index is -0.319. The number of rotatable bonds is 9. The Morgan fingerprint density at radius 3 is 2.56 bits per heavy atom. The SMILES string of the molecule is O=C(NCCCSC1CCCCC1)c1ccc2c(c1)N(Cc1ccc(F)cc1)C(=O)/C(=C/c1ccccc1)S2. The Morgan fingerprint density at radius 1 is 1.03 bits per heavy atom. The minimum Gasteiger partial charge on any atom is -0.352 e. The van der Waals surface area contributed by atoms with Gasteiger partial charge < -0.3 is 10.2 Å². The van der Waals surface area contributed by atoms with Crippen molar-refractivity contribution in [3.63, 3.8) is 0 Å². The fourth-order valence-corrected chi connectivity index (χ4v) is 7.29. The van der Waals surface area contributed by atoms with Crippen LogP contribution < -0.4 is 10.2 Å². The average molecular weight is 561 g/mol. The summed E-state index contributed by atoms with van der Waals surface area (Å²) < 4.78 is 13.5. The molecule has 202 valence electrons. The molecule has 1 aliphatic heterocycles. The van der Waals surface area contributed by atoms with Crippen LogP contribution in [0, 0.1) is 5.82 Å². The Bertz CT molecular complexity index is 1320. The largest absolute Gasteiger partial charge is 0.352 e. The van der Waals surface area contributed by atoms with E-state index < -0.39 is 0 Å². The maximum Gasteiger partial charge on any atom is 0.265 e. The summed E-state index contributed by atoms with van der Waals surface area (Å²) in [6, 6.07) is 21.4. The summed E-state index contributed by atoms with van der Waals surface area (Å²) in [7, 11) is 0. The lowest BCUT2D eigenvalue weighted by Gasteiger charge is -2.31. The van der Waals surface area contributed by atoms with Crippen LogP contribution in [0.2, 0.25) is 0 Å². The second kappa shape index (κ2) is 13.4. The van der Waals surface area contributed by atoms with Crippen molar-refractivity contribution in [1.82, 2.24) is 5.32 Å². The lowest BCUT2D eigenvalue weighted by molar-refractivity contribution is -0.114. The number of nitrogens with zero attached hydrogens (tertiary/aromatic N) is 1. The third kappa shape index (κ3) is 7.34. The van der Waals surface area contributed by atoms with E-state index in [1.165, 1.54) is 56.0 Å². The van der Waals surface area contributed by atoms with Crippen molar-refractivity contribution in [2.75, 3.05) is 17.2 Å². The van der Waals surface area contributed by atoms with E-state index in [2.05, 4.69) is 5.32 Å². The normalized spacial score (nSPS) is 16.8. The Hall–Kier alpha value is -3.03. The first-order chi connectivity index (χ1) is 19.1. The molecule has 2 amide bonds. The summed E-state index contributed by atoms with van der Waals surface area (Å²) >= 11 is 3.45. The molecule has 5 rings (SSSR count). The van der Waals surface area contributed by atoms with Crippen molar-refractivity contribution >= 4 is 47.1 Å². The molecule has 1 heterocycles. The van der Waals surface area contributed by atoms with E-state index in [0.29, 0.717) is 22.7 Å². The molecule has 2 aliphatic rings. The van der Waals surface area contributed by atoms with Gasteiger partial charge in [0.2, 0.25) is 0 Å². The van der Waals surface area contributed by atoms with Gasteiger partial charge in [0.1, 0.15) is 5.82 Å². The van der Waals surface area contributed by atoms with Gasteiger partial charge in [0.25, 0.3) is 11.8 Å². The van der Waals surface area contributed by atoms with Gasteiger partial charge in [-0.1, -0.05) is 73.5 Å². The first kappa shape index (κ1) is 27.5. The lowest BCUT2D eigenvalue weighted by Crippen LogP contribution is -2.34. The molecule has 4 nitrogen and oxygen atoms in total. The number of nitrogens with one attached hydrogen (secondary N) is 1. The molecule has 7 heteroatoms. The van der Waals surface area contributed by atoms with Crippen molar-refractivity contribution in [3.8, 4) is 0 Å². The number of thioether (sulfide) groups is 2. The highest BCUT2D eigenvalue weighted by atomic mass is 32.2. The molecule has 39 heavy (non-hydrogen) atoms. The second-order valence-electron chi connectivity index (χ2n) is 9.96. The van der Waals surface area contributed by atoms with Crippen LogP contribution in [0.3, 0.4) is 0 Å². The van der Waals surface area contributed by atoms with E-state index in [4.69, 9.17) is 0 Å². The maximum atomic E-state index is 13.7. The first-order valence-electron chi connectivity index (χ1n) is 13.6. The lowest BCUT2D eigenvalue weighted by atomic mass is 10.0. The number of carbonyl (C=O) groups is 2. The van der Waals surface area contributed by atoms with Crippen LogP contribution in [0.25, 0.3) is 6.08 Å². The summed E-state index contributed by atoms with van der Waals surface area (Å²) in [5, 5.41) is 3.83. The monoisotopic (exact) mass is 560 g/mol. The third-order valence-corrected chi connectivity index (χ3v) is 9.60. The Kier molecular flexibility index (Phi) is 9.43. The van der Waals surface area contributed by atoms with E-state index in [9.17, 15) is 14.0 Å². The van der Waals surface area contributed by atoms with Crippen molar-refractivity contribution < 1.29 is 14.0 Å².